The fraction of sp³-hybridized carbons (Fsp3) is 0.318. The third-order valence-electron chi connectivity index (χ3n) is 5.16. The molecular weight excluding hydrogens is 372 g/mol. The van der Waals surface area contributed by atoms with Gasteiger partial charge in [0, 0.05) is 16.9 Å². The fourth-order valence-electron chi connectivity index (χ4n) is 3.58. The first kappa shape index (κ1) is 20.4. The molecule has 0 aromatic heterocycles. The van der Waals surface area contributed by atoms with E-state index < -0.39 is 17.8 Å². The molecule has 3 rings (SSSR count). The van der Waals surface area contributed by atoms with Crippen molar-refractivity contribution in [3.05, 3.63) is 54.1 Å². The molecule has 29 heavy (non-hydrogen) atoms. The van der Waals surface area contributed by atoms with Gasteiger partial charge < -0.3 is 20.5 Å². The highest BCUT2D eigenvalue weighted by Crippen LogP contribution is 2.31. The maximum atomic E-state index is 12.5. The van der Waals surface area contributed by atoms with E-state index in [0.717, 1.165) is 12.8 Å². The van der Waals surface area contributed by atoms with Crippen molar-refractivity contribution in [1.29, 1.82) is 0 Å². The van der Waals surface area contributed by atoms with Crippen LogP contribution < -0.4 is 15.4 Å². The maximum Gasteiger partial charge on any atom is 0.307 e. The van der Waals surface area contributed by atoms with Crippen LogP contribution in [0.3, 0.4) is 0 Å². The number of hydrogen-bond acceptors (Lipinski definition) is 4. The van der Waals surface area contributed by atoms with E-state index in [0.29, 0.717) is 35.5 Å². The Morgan fingerprint density at radius 3 is 2.17 bits per heavy atom. The van der Waals surface area contributed by atoms with Crippen molar-refractivity contribution < 1.29 is 24.2 Å². The van der Waals surface area contributed by atoms with Gasteiger partial charge in [0.25, 0.3) is 5.91 Å². The minimum atomic E-state index is -0.916. The van der Waals surface area contributed by atoms with E-state index in [1.807, 2.05) is 0 Å². The van der Waals surface area contributed by atoms with E-state index in [1.165, 1.54) is 7.11 Å². The van der Waals surface area contributed by atoms with Crippen molar-refractivity contribution in [2.24, 2.45) is 11.8 Å². The lowest BCUT2D eigenvalue weighted by Gasteiger charge is -2.27. The molecule has 0 saturated heterocycles. The van der Waals surface area contributed by atoms with Crippen molar-refractivity contribution in [2.75, 3.05) is 17.7 Å². The van der Waals surface area contributed by atoms with E-state index in [-0.39, 0.29) is 11.8 Å². The van der Waals surface area contributed by atoms with Crippen LogP contribution in [0.15, 0.2) is 48.5 Å². The predicted molar refractivity (Wildman–Crippen MR) is 109 cm³/mol. The monoisotopic (exact) mass is 396 g/mol. The summed E-state index contributed by atoms with van der Waals surface area (Å²) < 4.78 is 5.12. The summed E-state index contributed by atoms with van der Waals surface area (Å²) in [6, 6.07) is 13.6. The number of ether oxygens (including phenoxy) is 1. The van der Waals surface area contributed by atoms with Gasteiger partial charge in [-0.15, -0.1) is 0 Å². The lowest BCUT2D eigenvalue weighted by atomic mass is 9.78. The van der Waals surface area contributed by atoms with Crippen molar-refractivity contribution in [1.82, 2.24) is 0 Å². The highest BCUT2D eigenvalue weighted by Gasteiger charge is 2.35. The number of benzene rings is 2. The third-order valence-corrected chi connectivity index (χ3v) is 5.16. The van der Waals surface area contributed by atoms with E-state index in [1.54, 1.807) is 48.5 Å². The number of amides is 2. The van der Waals surface area contributed by atoms with Crippen molar-refractivity contribution in [2.45, 2.75) is 25.7 Å². The second-order valence-corrected chi connectivity index (χ2v) is 7.09. The first-order chi connectivity index (χ1) is 14.0. The largest absolute Gasteiger partial charge is 0.497 e. The Labute approximate surface area is 169 Å². The van der Waals surface area contributed by atoms with Gasteiger partial charge in [-0.3, -0.25) is 14.4 Å². The normalized spacial score (nSPS) is 18.5. The van der Waals surface area contributed by atoms with E-state index in [2.05, 4.69) is 10.6 Å². The standard InChI is InChI=1S/C22H24N2O5/c1-29-17-6-4-5-14(13-17)20(25)23-15-9-11-16(12-10-15)24-21(26)18-7-2-3-8-19(18)22(27)28/h4-6,9-13,18-19H,2-3,7-8H2,1H3,(H,23,25)(H,24,26)(H,27,28)/t18-,19-/m1/s1. The van der Waals surface area contributed by atoms with Crippen molar-refractivity contribution in [3.63, 3.8) is 0 Å². The molecule has 1 aliphatic rings. The van der Waals surface area contributed by atoms with E-state index in [9.17, 15) is 19.5 Å². The topological polar surface area (TPSA) is 105 Å². The summed E-state index contributed by atoms with van der Waals surface area (Å²) in [5.41, 5.74) is 1.61. The summed E-state index contributed by atoms with van der Waals surface area (Å²) in [6.45, 7) is 0. The second-order valence-electron chi connectivity index (χ2n) is 7.09. The van der Waals surface area contributed by atoms with Crippen LogP contribution >= 0.6 is 0 Å². The number of anilines is 2. The molecule has 1 fully saturated rings. The van der Waals surface area contributed by atoms with Crippen LogP contribution in [0.4, 0.5) is 11.4 Å². The van der Waals surface area contributed by atoms with Gasteiger partial charge in [-0.1, -0.05) is 18.9 Å². The first-order valence-corrected chi connectivity index (χ1v) is 9.57. The van der Waals surface area contributed by atoms with Crippen LogP contribution in [0.25, 0.3) is 0 Å². The highest BCUT2D eigenvalue weighted by molar-refractivity contribution is 6.04. The Balaban J connectivity index is 1.61. The molecule has 7 heteroatoms. The minimum absolute atomic E-state index is 0.271. The smallest absolute Gasteiger partial charge is 0.307 e. The summed E-state index contributed by atoms with van der Waals surface area (Å²) in [5.74, 6) is -2.02. The Bertz CT molecular complexity index is 894. The molecule has 1 saturated carbocycles. The molecule has 0 unspecified atom stereocenters. The van der Waals surface area contributed by atoms with Crippen LogP contribution in [-0.2, 0) is 9.59 Å². The minimum Gasteiger partial charge on any atom is -0.497 e. The predicted octanol–water partition coefficient (Wildman–Crippen LogP) is 3.78. The molecule has 2 atom stereocenters. The molecule has 2 aromatic carbocycles. The molecule has 0 bridgehead atoms. The average molecular weight is 396 g/mol. The van der Waals surface area contributed by atoms with Gasteiger partial charge in [-0.05, 0) is 55.3 Å². The first-order valence-electron chi connectivity index (χ1n) is 9.57. The summed E-state index contributed by atoms with van der Waals surface area (Å²) >= 11 is 0. The lowest BCUT2D eigenvalue weighted by molar-refractivity contribution is -0.147. The van der Waals surface area contributed by atoms with Gasteiger partial charge in [0.2, 0.25) is 5.91 Å². The number of nitrogens with one attached hydrogen (secondary N) is 2. The zero-order chi connectivity index (χ0) is 20.8. The van der Waals surface area contributed by atoms with Gasteiger partial charge in [0.05, 0.1) is 18.9 Å². The molecule has 0 spiro atoms. The molecule has 2 amide bonds. The maximum absolute atomic E-state index is 12.5. The Morgan fingerprint density at radius 2 is 1.55 bits per heavy atom. The van der Waals surface area contributed by atoms with Crippen LogP contribution in [-0.4, -0.2) is 30.0 Å². The molecule has 1 aliphatic carbocycles. The zero-order valence-corrected chi connectivity index (χ0v) is 16.2. The Kier molecular flexibility index (Phi) is 6.49. The molecule has 2 aromatic rings. The number of methoxy groups -OCH3 is 1. The number of carbonyl (C=O) groups is 3. The molecule has 0 heterocycles. The van der Waals surface area contributed by atoms with Gasteiger partial charge in [-0.25, -0.2) is 0 Å². The van der Waals surface area contributed by atoms with E-state index in [4.69, 9.17) is 4.74 Å². The third kappa shape index (κ3) is 5.13. The van der Waals surface area contributed by atoms with Gasteiger partial charge in [0.1, 0.15) is 5.75 Å². The molecule has 3 N–H and O–H groups in total. The molecule has 152 valence electrons. The van der Waals surface area contributed by atoms with Crippen LogP contribution in [0.1, 0.15) is 36.0 Å². The van der Waals surface area contributed by atoms with Crippen LogP contribution in [0, 0.1) is 11.8 Å². The SMILES string of the molecule is COc1cccc(C(=O)Nc2ccc(NC(=O)[C@@H]3CCCC[C@H]3C(=O)O)cc2)c1. The number of carboxylic acids is 1. The van der Waals surface area contributed by atoms with Crippen LogP contribution in [0.5, 0.6) is 5.75 Å². The van der Waals surface area contributed by atoms with Crippen molar-refractivity contribution in [3.8, 4) is 5.75 Å². The van der Waals surface area contributed by atoms with Gasteiger partial charge in [0.15, 0.2) is 0 Å². The number of rotatable bonds is 6. The second kappa shape index (κ2) is 9.23. The molecule has 0 radical (unpaired) electrons. The Morgan fingerprint density at radius 1 is 0.931 bits per heavy atom. The van der Waals surface area contributed by atoms with Crippen molar-refractivity contribution >= 4 is 29.2 Å². The van der Waals surface area contributed by atoms with E-state index >= 15 is 0 Å². The summed E-state index contributed by atoms with van der Waals surface area (Å²) in [6.07, 6.45) is 2.81. The van der Waals surface area contributed by atoms with Gasteiger partial charge in [-0.2, -0.15) is 0 Å². The zero-order valence-electron chi connectivity index (χ0n) is 16.2. The summed E-state index contributed by atoms with van der Waals surface area (Å²) in [7, 11) is 1.54. The number of aliphatic carboxylic acids is 1. The Hall–Kier alpha value is -3.35. The molecule has 7 nitrogen and oxygen atoms in total. The highest BCUT2D eigenvalue weighted by atomic mass is 16.5. The summed E-state index contributed by atoms with van der Waals surface area (Å²) in [4.78, 5) is 36.3. The number of carboxylic acid groups (broad SMARTS) is 1. The average Bonchev–Trinajstić information content (AvgIpc) is 2.75. The van der Waals surface area contributed by atoms with Crippen LogP contribution in [0.2, 0.25) is 0 Å². The quantitative estimate of drug-likeness (QED) is 0.689. The number of carbonyl (C=O) groups excluding carboxylic acids is 2. The molecule has 0 aliphatic heterocycles. The number of hydrogen-bond donors (Lipinski definition) is 3. The molecular formula is C22H24N2O5. The van der Waals surface area contributed by atoms with Gasteiger partial charge >= 0.3 is 5.97 Å². The summed E-state index contributed by atoms with van der Waals surface area (Å²) in [5, 5.41) is 14.9. The fourth-order valence-corrected chi connectivity index (χ4v) is 3.58. The lowest BCUT2D eigenvalue weighted by Crippen LogP contribution is -2.36.